The van der Waals surface area contributed by atoms with Crippen molar-refractivity contribution < 1.29 is 19.1 Å². The third-order valence-electron chi connectivity index (χ3n) is 5.18. The molecule has 164 valence electrons. The van der Waals surface area contributed by atoms with Crippen LogP contribution in [0.4, 0.5) is 5.13 Å². The number of rotatable bonds is 7. The van der Waals surface area contributed by atoms with Gasteiger partial charge in [-0.1, -0.05) is 6.08 Å². The van der Waals surface area contributed by atoms with Crippen LogP contribution < -0.4 is 25.8 Å². The van der Waals surface area contributed by atoms with Crippen LogP contribution in [0.25, 0.3) is 10.9 Å². The van der Waals surface area contributed by atoms with Gasteiger partial charge in [0.1, 0.15) is 22.8 Å². The van der Waals surface area contributed by atoms with Gasteiger partial charge in [-0.05, 0) is 31.3 Å². The molecule has 4 N–H and O–H groups in total. The van der Waals surface area contributed by atoms with Crippen molar-refractivity contribution in [3.05, 3.63) is 65.5 Å². The first-order valence-corrected chi connectivity index (χ1v) is 10.6. The van der Waals surface area contributed by atoms with E-state index < -0.39 is 11.4 Å². The number of aromatic nitrogens is 2. The number of nitrogens with two attached hydrogens (primary N) is 1. The number of anilines is 1. The maximum absolute atomic E-state index is 12.8. The molecule has 2 amide bonds. The van der Waals surface area contributed by atoms with Crippen LogP contribution in [0.2, 0.25) is 0 Å². The van der Waals surface area contributed by atoms with Crippen LogP contribution in [-0.4, -0.2) is 41.5 Å². The van der Waals surface area contributed by atoms with Crippen molar-refractivity contribution in [2.45, 2.75) is 12.0 Å². The molecule has 2 heterocycles. The third kappa shape index (κ3) is 4.05. The Hall–Kier alpha value is -3.76. The number of nitrogens with one attached hydrogen (secondary N) is 2. The van der Waals surface area contributed by atoms with E-state index in [1.165, 1.54) is 18.4 Å². The minimum atomic E-state index is -0.925. The summed E-state index contributed by atoms with van der Waals surface area (Å²) < 4.78 is 11.3. The Morgan fingerprint density at radius 1 is 1.22 bits per heavy atom. The molecule has 10 heteroatoms. The van der Waals surface area contributed by atoms with Gasteiger partial charge >= 0.3 is 0 Å². The van der Waals surface area contributed by atoms with E-state index in [0.29, 0.717) is 39.7 Å². The number of primary amides is 1. The molecule has 0 spiro atoms. The highest BCUT2D eigenvalue weighted by molar-refractivity contribution is 7.13. The number of methoxy groups -OCH3 is 1. The van der Waals surface area contributed by atoms with Gasteiger partial charge in [0.15, 0.2) is 5.13 Å². The molecular weight excluding hydrogens is 430 g/mol. The standard InChI is InChI=1S/C22H21N5O4S/c1-24-22(20(29)27-21-26-9-10-32-21)6-3-13(4-7-22)31-17-5-8-25-16-12-18(30-2)15(19(23)28)11-14(16)17/h3-6,8-12,24H,7H2,1-2H3,(H2,23,28)(H,26,27,29). The molecule has 2 aromatic heterocycles. The average Bonchev–Trinajstić information content (AvgIpc) is 3.32. The van der Waals surface area contributed by atoms with E-state index in [4.69, 9.17) is 15.2 Å². The topological polar surface area (TPSA) is 128 Å². The summed E-state index contributed by atoms with van der Waals surface area (Å²) in [6, 6.07) is 4.94. The second kappa shape index (κ2) is 8.77. The molecule has 4 rings (SSSR count). The lowest BCUT2D eigenvalue weighted by Crippen LogP contribution is -2.52. The number of allylic oxidation sites excluding steroid dienone is 1. The molecule has 1 aromatic carbocycles. The summed E-state index contributed by atoms with van der Waals surface area (Å²) in [6.07, 6.45) is 8.91. The largest absolute Gasteiger partial charge is 0.496 e. The van der Waals surface area contributed by atoms with Crippen LogP contribution in [0.15, 0.2) is 60.0 Å². The first-order chi connectivity index (χ1) is 15.5. The Labute approximate surface area is 188 Å². The van der Waals surface area contributed by atoms with Crippen molar-refractivity contribution in [2.75, 3.05) is 19.5 Å². The normalized spacial score (nSPS) is 17.6. The lowest BCUT2D eigenvalue weighted by atomic mass is 9.90. The van der Waals surface area contributed by atoms with Crippen molar-refractivity contribution in [2.24, 2.45) is 5.73 Å². The number of carbonyl (C=O) groups is 2. The smallest absolute Gasteiger partial charge is 0.252 e. The van der Waals surface area contributed by atoms with Crippen LogP contribution in [0.3, 0.4) is 0 Å². The quantitative estimate of drug-likeness (QED) is 0.504. The molecule has 1 aliphatic carbocycles. The molecular formula is C22H21N5O4S. The maximum Gasteiger partial charge on any atom is 0.252 e. The summed E-state index contributed by atoms with van der Waals surface area (Å²) in [5, 5.41) is 8.84. The minimum absolute atomic E-state index is 0.214. The van der Waals surface area contributed by atoms with Gasteiger partial charge in [0.2, 0.25) is 0 Å². The van der Waals surface area contributed by atoms with E-state index in [1.54, 1.807) is 55.2 Å². The number of likely N-dealkylation sites (N-methyl/N-ethyl adjacent to an activating group) is 1. The Balaban J connectivity index is 1.58. The molecule has 0 fully saturated rings. The van der Waals surface area contributed by atoms with Crippen molar-refractivity contribution in [1.29, 1.82) is 0 Å². The lowest BCUT2D eigenvalue weighted by Gasteiger charge is -2.30. The Morgan fingerprint density at radius 2 is 2.06 bits per heavy atom. The second-order valence-corrected chi connectivity index (χ2v) is 7.90. The van der Waals surface area contributed by atoms with E-state index in [9.17, 15) is 9.59 Å². The number of hydrogen-bond acceptors (Lipinski definition) is 8. The van der Waals surface area contributed by atoms with Crippen LogP contribution in [0, 0.1) is 0 Å². The second-order valence-electron chi connectivity index (χ2n) is 7.00. The van der Waals surface area contributed by atoms with Crippen molar-refractivity contribution in [3.8, 4) is 11.5 Å². The number of hydrogen-bond donors (Lipinski definition) is 3. The monoisotopic (exact) mass is 451 g/mol. The zero-order valence-corrected chi connectivity index (χ0v) is 18.2. The van der Waals surface area contributed by atoms with Gasteiger partial charge in [-0.25, -0.2) is 4.98 Å². The van der Waals surface area contributed by atoms with Gasteiger partial charge in [0.25, 0.3) is 11.8 Å². The Kier molecular flexibility index (Phi) is 5.89. The summed E-state index contributed by atoms with van der Waals surface area (Å²) in [6.45, 7) is 0. The highest BCUT2D eigenvalue weighted by Crippen LogP contribution is 2.33. The number of amides is 2. The fourth-order valence-corrected chi connectivity index (χ4v) is 3.91. The number of benzene rings is 1. The molecule has 0 saturated carbocycles. The lowest BCUT2D eigenvalue weighted by molar-refractivity contribution is -0.120. The number of ether oxygens (including phenoxy) is 2. The zero-order chi connectivity index (χ0) is 22.7. The molecule has 0 saturated heterocycles. The van der Waals surface area contributed by atoms with Crippen molar-refractivity contribution >= 4 is 39.2 Å². The van der Waals surface area contributed by atoms with Gasteiger partial charge in [-0.15, -0.1) is 11.3 Å². The molecule has 9 nitrogen and oxygen atoms in total. The van der Waals surface area contributed by atoms with E-state index >= 15 is 0 Å². The molecule has 0 radical (unpaired) electrons. The molecule has 1 atom stereocenters. The van der Waals surface area contributed by atoms with Crippen LogP contribution in [-0.2, 0) is 4.79 Å². The van der Waals surface area contributed by atoms with E-state index in [-0.39, 0.29) is 11.5 Å². The summed E-state index contributed by atoms with van der Waals surface area (Å²) in [5.74, 6) is 0.577. The number of thiazole rings is 1. The summed E-state index contributed by atoms with van der Waals surface area (Å²) in [7, 11) is 3.19. The maximum atomic E-state index is 12.8. The van der Waals surface area contributed by atoms with Gasteiger partial charge in [0.05, 0.1) is 18.2 Å². The van der Waals surface area contributed by atoms with Gasteiger partial charge in [0, 0.05) is 35.6 Å². The summed E-state index contributed by atoms with van der Waals surface area (Å²) in [5.41, 5.74) is 5.39. The third-order valence-corrected chi connectivity index (χ3v) is 5.87. The van der Waals surface area contributed by atoms with Gasteiger partial charge in [-0.3, -0.25) is 14.6 Å². The predicted octanol–water partition coefficient (Wildman–Crippen LogP) is 2.62. The Morgan fingerprint density at radius 3 is 2.69 bits per heavy atom. The van der Waals surface area contributed by atoms with Gasteiger partial charge < -0.3 is 25.8 Å². The SMILES string of the molecule is CNC1(C(=O)Nc2nccs2)C=CC(Oc2ccnc3cc(OC)c(C(N)=O)cc23)=CC1. The summed E-state index contributed by atoms with van der Waals surface area (Å²) in [4.78, 5) is 33.1. The fourth-order valence-electron chi connectivity index (χ4n) is 3.38. The number of carbonyl (C=O) groups excluding carboxylic acids is 2. The molecule has 32 heavy (non-hydrogen) atoms. The zero-order valence-electron chi connectivity index (χ0n) is 17.4. The molecule has 1 unspecified atom stereocenters. The van der Waals surface area contributed by atoms with E-state index in [1.807, 2.05) is 6.08 Å². The van der Waals surface area contributed by atoms with Gasteiger partial charge in [-0.2, -0.15) is 0 Å². The van der Waals surface area contributed by atoms with Crippen molar-refractivity contribution in [3.63, 3.8) is 0 Å². The Bertz CT molecular complexity index is 1240. The number of fused-ring (bicyclic) bond motifs is 1. The molecule has 0 aliphatic heterocycles. The van der Waals surface area contributed by atoms with Crippen molar-refractivity contribution in [1.82, 2.24) is 15.3 Å². The number of pyridine rings is 1. The predicted molar refractivity (Wildman–Crippen MR) is 122 cm³/mol. The highest BCUT2D eigenvalue weighted by Gasteiger charge is 2.35. The first kappa shape index (κ1) is 21.5. The molecule has 3 aromatic rings. The first-order valence-electron chi connectivity index (χ1n) is 9.69. The van der Waals surface area contributed by atoms with Crippen LogP contribution in [0.5, 0.6) is 11.5 Å². The van der Waals surface area contributed by atoms with Crippen LogP contribution >= 0.6 is 11.3 Å². The highest BCUT2D eigenvalue weighted by atomic mass is 32.1. The summed E-state index contributed by atoms with van der Waals surface area (Å²) >= 11 is 1.35. The minimum Gasteiger partial charge on any atom is -0.496 e. The van der Waals surface area contributed by atoms with Crippen LogP contribution in [0.1, 0.15) is 16.8 Å². The van der Waals surface area contributed by atoms with E-state index in [2.05, 4.69) is 20.6 Å². The molecule has 1 aliphatic rings. The fraction of sp³-hybridized carbons (Fsp3) is 0.182. The number of nitrogens with zero attached hydrogens (tertiary/aromatic N) is 2. The molecule has 0 bridgehead atoms. The van der Waals surface area contributed by atoms with E-state index in [0.717, 1.165) is 0 Å². The average molecular weight is 452 g/mol.